The molecule has 0 aromatic carbocycles. The minimum Gasteiger partial charge on any atom is -0.384 e. The van der Waals surface area contributed by atoms with E-state index in [1.807, 2.05) is 4.90 Å². The molecule has 1 aromatic rings. The second-order valence-corrected chi connectivity index (χ2v) is 6.57. The molecule has 3 heterocycles. The summed E-state index contributed by atoms with van der Waals surface area (Å²) >= 11 is 0. The lowest BCUT2D eigenvalue weighted by atomic mass is 9.95. The lowest BCUT2D eigenvalue weighted by Gasteiger charge is -2.32. The Labute approximate surface area is 141 Å². The molecule has 0 spiro atoms. The first-order valence-corrected chi connectivity index (χ1v) is 8.42. The standard InChI is InChI=1S/C16H24N4O4/c1-19-10-12(9-14(19)21)16(22)20-6-3-11(4-7-20)15-17-13(18-24-15)5-8-23-2/h11-12H,3-10H2,1-2H3/t12-/m0/s1. The number of carbonyl (C=O) groups excluding carboxylic acids is 2. The average Bonchev–Trinajstić information content (AvgIpc) is 3.20. The first-order valence-electron chi connectivity index (χ1n) is 8.42. The Bertz CT molecular complexity index is 595. The number of piperidine rings is 1. The van der Waals surface area contributed by atoms with Crippen molar-refractivity contribution in [1.29, 1.82) is 0 Å². The summed E-state index contributed by atoms with van der Waals surface area (Å²) < 4.78 is 10.4. The van der Waals surface area contributed by atoms with Gasteiger partial charge in [0, 0.05) is 52.6 Å². The molecule has 0 aliphatic carbocycles. The largest absolute Gasteiger partial charge is 0.384 e. The van der Waals surface area contributed by atoms with Gasteiger partial charge in [0.15, 0.2) is 5.82 Å². The molecule has 2 aliphatic rings. The van der Waals surface area contributed by atoms with Crippen LogP contribution in [0.15, 0.2) is 4.52 Å². The van der Waals surface area contributed by atoms with Crippen LogP contribution in [0.2, 0.25) is 0 Å². The van der Waals surface area contributed by atoms with Gasteiger partial charge in [-0.15, -0.1) is 0 Å². The Morgan fingerprint density at radius 3 is 2.75 bits per heavy atom. The summed E-state index contributed by atoms with van der Waals surface area (Å²) in [6.45, 7) is 2.45. The Hall–Kier alpha value is -1.96. The molecule has 0 unspecified atom stereocenters. The maximum atomic E-state index is 12.5. The molecule has 2 aliphatic heterocycles. The second kappa shape index (κ2) is 7.29. The lowest BCUT2D eigenvalue weighted by Crippen LogP contribution is -2.42. The van der Waals surface area contributed by atoms with Crippen molar-refractivity contribution >= 4 is 11.8 Å². The first-order chi connectivity index (χ1) is 11.6. The SMILES string of the molecule is COCCc1noc(C2CCN(C(=O)[C@H]3CC(=O)N(C)C3)CC2)n1. The molecular weight excluding hydrogens is 312 g/mol. The fraction of sp³-hybridized carbons (Fsp3) is 0.750. The number of carbonyl (C=O) groups is 2. The van der Waals surface area contributed by atoms with E-state index in [1.54, 1.807) is 19.1 Å². The van der Waals surface area contributed by atoms with Gasteiger partial charge in [-0.2, -0.15) is 4.98 Å². The number of nitrogens with zero attached hydrogens (tertiary/aromatic N) is 4. The summed E-state index contributed by atoms with van der Waals surface area (Å²) in [5.41, 5.74) is 0. The van der Waals surface area contributed by atoms with E-state index in [1.165, 1.54) is 0 Å². The zero-order valence-corrected chi connectivity index (χ0v) is 14.2. The van der Waals surface area contributed by atoms with Crippen LogP contribution in [-0.2, 0) is 20.7 Å². The van der Waals surface area contributed by atoms with E-state index in [9.17, 15) is 9.59 Å². The number of hydrogen-bond donors (Lipinski definition) is 0. The van der Waals surface area contributed by atoms with Gasteiger partial charge in [-0.05, 0) is 12.8 Å². The van der Waals surface area contributed by atoms with Gasteiger partial charge in [0.25, 0.3) is 0 Å². The number of amides is 2. The van der Waals surface area contributed by atoms with Crippen molar-refractivity contribution in [3.63, 3.8) is 0 Å². The Balaban J connectivity index is 1.51. The van der Waals surface area contributed by atoms with Crippen molar-refractivity contribution in [2.24, 2.45) is 5.92 Å². The molecule has 0 saturated carbocycles. The number of ether oxygens (including phenoxy) is 1. The second-order valence-electron chi connectivity index (χ2n) is 6.57. The molecule has 0 N–H and O–H groups in total. The van der Waals surface area contributed by atoms with Gasteiger partial charge >= 0.3 is 0 Å². The average molecular weight is 336 g/mol. The van der Waals surface area contributed by atoms with Crippen molar-refractivity contribution in [3.8, 4) is 0 Å². The Kier molecular flexibility index (Phi) is 5.13. The minimum atomic E-state index is -0.192. The molecule has 132 valence electrons. The lowest BCUT2D eigenvalue weighted by molar-refractivity contribution is -0.136. The molecule has 2 saturated heterocycles. The van der Waals surface area contributed by atoms with Gasteiger partial charge in [-0.25, -0.2) is 0 Å². The van der Waals surface area contributed by atoms with E-state index in [2.05, 4.69) is 10.1 Å². The topological polar surface area (TPSA) is 88.8 Å². The summed E-state index contributed by atoms with van der Waals surface area (Å²) in [6.07, 6.45) is 2.60. The van der Waals surface area contributed by atoms with Crippen LogP contribution in [0.25, 0.3) is 0 Å². The zero-order chi connectivity index (χ0) is 17.1. The van der Waals surface area contributed by atoms with E-state index < -0.39 is 0 Å². The predicted molar refractivity (Wildman–Crippen MR) is 84.2 cm³/mol. The van der Waals surface area contributed by atoms with E-state index in [0.717, 1.165) is 12.8 Å². The van der Waals surface area contributed by atoms with Crippen LogP contribution in [0, 0.1) is 5.92 Å². The zero-order valence-electron chi connectivity index (χ0n) is 14.2. The number of rotatable bonds is 5. The van der Waals surface area contributed by atoms with Gasteiger partial charge in [-0.3, -0.25) is 9.59 Å². The molecule has 0 radical (unpaired) electrons. The maximum Gasteiger partial charge on any atom is 0.229 e. The molecule has 24 heavy (non-hydrogen) atoms. The molecule has 8 nitrogen and oxygen atoms in total. The van der Waals surface area contributed by atoms with Gasteiger partial charge in [0.1, 0.15) is 0 Å². The third kappa shape index (κ3) is 3.58. The van der Waals surface area contributed by atoms with Crippen LogP contribution in [0.1, 0.15) is 36.9 Å². The van der Waals surface area contributed by atoms with E-state index in [0.29, 0.717) is 50.8 Å². The predicted octanol–water partition coefficient (Wildman–Crippen LogP) is 0.443. The molecule has 3 rings (SSSR count). The first kappa shape index (κ1) is 16.9. The highest BCUT2D eigenvalue weighted by atomic mass is 16.5. The number of methoxy groups -OCH3 is 1. The van der Waals surface area contributed by atoms with Crippen LogP contribution >= 0.6 is 0 Å². The smallest absolute Gasteiger partial charge is 0.229 e. The molecule has 1 atom stereocenters. The van der Waals surface area contributed by atoms with E-state index in [-0.39, 0.29) is 23.7 Å². The van der Waals surface area contributed by atoms with Crippen LogP contribution in [0.4, 0.5) is 0 Å². The Morgan fingerprint density at radius 1 is 1.38 bits per heavy atom. The molecule has 2 amide bonds. The fourth-order valence-electron chi connectivity index (χ4n) is 3.36. The minimum absolute atomic E-state index is 0.0534. The van der Waals surface area contributed by atoms with Gasteiger partial charge in [0.2, 0.25) is 17.7 Å². The van der Waals surface area contributed by atoms with Gasteiger partial charge in [-0.1, -0.05) is 5.16 Å². The van der Waals surface area contributed by atoms with Gasteiger partial charge in [0.05, 0.1) is 12.5 Å². The van der Waals surface area contributed by atoms with Crippen LogP contribution < -0.4 is 0 Å². The monoisotopic (exact) mass is 336 g/mol. The van der Waals surface area contributed by atoms with Crippen LogP contribution in [0.3, 0.4) is 0 Å². The molecule has 0 bridgehead atoms. The summed E-state index contributed by atoms with van der Waals surface area (Å²) in [5.74, 6) is 1.48. The van der Waals surface area contributed by atoms with E-state index in [4.69, 9.17) is 9.26 Å². The quantitative estimate of drug-likeness (QED) is 0.775. The summed E-state index contributed by atoms with van der Waals surface area (Å²) in [4.78, 5) is 32.1. The fourth-order valence-corrected chi connectivity index (χ4v) is 3.36. The van der Waals surface area contributed by atoms with Crippen molar-refractivity contribution in [3.05, 3.63) is 11.7 Å². The third-order valence-electron chi connectivity index (χ3n) is 4.86. The number of likely N-dealkylation sites (tertiary alicyclic amines) is 2. The number of hydrogen-bond acceptors (Lipinski definition) is 6. The molecule has 2 fully saturated rings. The van der Waals surface area contributed by atoms with Crippen LogP contribution in [-0.4, -0.2) is 72.2 Å². The summed E-state index contributed by atoms with van der Waals surface area (Å²) in [6, 6.07) is 0. The van der Waals surface area contributed by atoms with Gasteiger partial charge < -0.3 is 19.1 Å². The third-order valence-corrected chi connectivity index (χ3v) is 4.86. The highest BCUT2D eigenvalue weighted by Crippen LogP contribution is 2.28. The van der Waals surface area contributed by atoms with Crippen molar-refractivity contribution in [2.45, 2.75) is 31.6 Å². The Morgan fingerprint density at radius 2 is 2.12 bits per heavy atom. The van der Waals surface area contributed by atoms with Crippen molar-refractivity contribution in [2.75, 3.05) is 40.4 Å². The molecule has 8 heteroatoms. The molecule has 1 aromatic heterocycles. The summed E-state index contributed by atoms with van der Waals surface area (Å²) in [7, 11) is 3.39. The van der Waals surface area contributed by atoms with E-state index >= 15 is 0 Å². The van der Waals surface area contributed by atoms with Crippen molar-refractivity contribution < 1.29 is 18.8 Å². The maximum absolute atomic E-state index is 12.5. The normalized spacial score (nSPS) is 22.4. The highest BCUT2D eigenvalue weighted by molar-refractivity contribution is 5.89. The van der Waals surface area contributed by atoms with Crippen molar-refractivity contribution in [1.82, 2.24) is 19.9 Å². The molecular formula is C16H24N4O4. The number of aromatic nitrogens is 2. The summed E-state index contributed by atoms with van der Waals surface area (Å²) in [5, 5.41) is 3.97. The van der Waals surface area contributed by atoms with Crippen LogP contribution in [0.5, 0.6) is 0 Å². The highest BCUT2D eigenvalue weighted by Gasteiger charge is 2.36.